The van der Waals surface area contributed by atoms with Crippen LogP contribution >= 0.6 is 0 Å². The summed E-state index contributed by atoms with van der Waals surface area (Å²) in [6.45, 7) is 2.07. The molecule has 1 aliphatic carbocycles. The third-order valence-electron chi connectivity index (χ3n) is 6.87. The molecule has 2 amide bonds. The Morgan fingerprint density at radius 1 is 1.03 bits per heavy atom. The van der Waals surface area contributed by atoms with E-state index in [1.807, 2.05) is 4.90 Å². The number of methoxy groups -OCH3 is 3. The fraction of sp³-hybridized carbons (Fsp3) is 0.667. The maximum atomic E-state index is 12.6. The van der Waals surface area contributed by atoms with Gasteiger partial charge in [-0.05, 0) is 56.2 Å². The Balaban J connectivity index is 1.25. The van der Waals surface area contributed by atoms with E-state index in [1.165, 1.54) is 0 Å². The average Bonchev–Trinajstić information content (AvgIpc) is 3.59. The van der Waals surface area contributed by atoms with Crippen LogP contribution < -0.4 is 19.5 Å². The number of hydrogen-bond acceptors (Lipinski definition) is 6. The number of ether oxygens (including phenoxy) is 4. The zero-order valence-electron chi connectivity index (χ0n) is 19.3. The molecule has 8 nitrogen and oxygen atoms in total. The van der Waals surface area contributed by atoms with Crippen LogP contribution in [0.1, 0.15) is 44.1 Å². The van der Waals surface area contributed by atoms with Crippen molar-refractivity contribution in [3.63, 3.8) is 0 Å². The standard InChI is InChI=1S/C24H34N2O6/c1-29-19-12-16(13-20(30-2)22(19)31-3)14-21(27)25-15-18-6-7-24(32-18)8-10-26(11-9-24)23(28)17-4-5-17/h12-13,17-18H,4-11,14-15H2,1-3H3,(H,25,27). The van der Waals surface area contributed by atoms with Crippen molar-refractivity contribution in [3.8, 4) is 17.2 Å². The van der Waals surface area contributed by atoms with Crippen LogP contribution in [0, 0.1) is 5.92 Å². The summed E-state index contributed by atoms with van der Waals surface area (Å²) in [6.07, 6.45) is 6.04. The zero-order valence-corrected chi connectivity index (χ0v) is 19.3. The molecule has 3 fully saturated rings. The van der Waals surface area contributed by atoms with Crippen LogP contribution in [-0.2, 0) is 20.7 Å². The molecule has 1 atom stereocenters. The average molecular weight is 447 g/mol. The summed E-state index contributed by atoms with van der Waals surface area (Å²) in [6, 6.07) is 3.58. The van der Waals surface area contributed by atoms with Crippen molar-refractivity contribution in [3.05, 3.63) is 17.7 Å². The van der Waals surface area contributed by atoms with Crippen molar-refractivity contribution < 1.29 is 28.5 Å². The maximum absolute atomic E-state index is 12.6. The molecule has 2 aliphatic heterocycles. The molecule has 1 spiro atoms. The Labute approximate surface area is 189 Å². The number of nitrogens with one attached hydrogen (secondary N) is 1. The lowest BCUT2D eigenvalue weighted by Crippen LogP contribution is -2.47. The third-order valence-corrected chi connectivity index (χ3v) is 6.87. The van der Waals surface area contributed by atoms with Gasteiger partial charge in [-0.1, -0.05) is 0 Å². The van der Waals surface area contributed by atoms with Crippen LogP contribution in [0.15, 0.2) is 12.1 Å². The van der Waals surface area contributed by atoms with Crippen LogP contribution in [0.3, 0.4) is 0 Å². The Hall–Kier alpha value is -2.48. The van der Waals surface area contributed by atoms with Gasteiger partial charge in [0.2, 0.25) is 17.6 Å². The van der Waals surface area contributed by atoms with Crippen molar-refractivity contribution in [1.82, 2.24) is 10.2 Å². The fourth-order valence-electron chi connectivity index (χ4n) is 4.84. The summed E-state index contributed by atoms with van der Waals surface area (Å²) in [5, 5.41) is 3.01. The minimum absolute atomic E-state index is 0.0181. The first-order valence-electron chi connectivity index (χ1n) is 11.5. The SMILES string of the molecule is COc1cc(CC(=O)NCC2CCC3(CCN(C(=O)C4CC4)CC3)O2)cc(OC)c1OC. The molecule has 4 rings (SSSR count). The van der Waals surface area contributed by atoms with Crippen molar-refractivity contribution >= 4 is 11.8 Å². The Morgan fingerprint density at radius 2 is 1.69 bits per heavy atom. The Morgan fingerprint density at radius 3 is 2.25 bits per heavy atom. The van der Waals surface area contributed by atoms with E-state index in [-0.39, 0.29) is 30.0 Å². The largest absolute Gasteiger partial charge is 0.493 e. The number of likely N-dealkylation sites (tertiary alicyclic amines) is 1. The summed E-state index contributed by atoms with van der Waals surface area (Å²) < 4.78 is 22.4. The Kier molecular flexibility index (Phi) is 6.79. The van der Waals surface area contributed by atoms with Gasteiger partial charge >= 0.3 is 0 Å². The van der Waals surface area contributed by atoms with Crippen molar-refractivity contribution in [2.24, 2.45) is 5.92 Å². The highest BCUT2D eigenvalue weighted by Gasteiger charge is 2.44. The molecule has 0 aromatic heterocycles. The van der Waals surface area contributed by atoms with E-state index in [1.54, 1.807) is 33.5 Å². The topological polar surface area (TPSA) is 86.3 Å². The molecule has 1 saturated carbocycles. The predicted octanol–water partition coefficient (Wildman–Crippen LogP) is 2.32. The van der Waals surface area contributed by atoms with E-state index in [9.17, 15) is 9.59 Å². The molecule has 0 bridgehead atoms. The number of benzene rings is 1. The lowest BCUT2D eigenvalue weighted by Gasteiger charge is -2.39. The molecule has 2 saturated heterocycles. The van der Waals surface area contributed by atoms with E-state index in [4.69, 9.17) is 18.9 Å². The van der Waals surface area contributed by atoms with Gasteiger partial charge in [0, 0.05) is 25.6 Å². The number of hydrogen-bond donors (Lipinski definition) is 1. The highest BCUT2D eigenvalue weighted by Crippen LogP contribution is 2.41. The lowest BCUT2D eigenvalue weighted by atomic mass is 9.88. The molecule has 3 aliphatic rings. The highest BCUT2D eigenvalue weighted by atomic mass is 16.5. The minimum Gasteiger partial charge on any atom is -0.493 e. The van der Waals surface area contributed by atoms with Gasteiger partial charge in [0.05, 0.1) is 39.5 Å². The van der Waals surface area contributed by atoms with Crippen molar-refractivity contribution in [2.75, 3.05) is 41.0 Å². The van der Waals surface area contributed by atoms with Crippen molar-refractivity contribution in [1.29, 1.82) is 0 Å². The first kappa shape index (κ1) is 22.7. The quantitative estimate of drug-likeness (QED) is 0.660. The summed E-state index contributed by atoms with van der Waals surface area (Å²) in [5.41, 5.74) is 0.653. The van der Waals surface area contributed by atoms with Crippen LogP contribution in [0.4, 0.5) is 0 Å². The minimum atomic E-state index is -0.132. The second-order valence-corrected chi connectivity index (χ2v) is 9.08. The summed E-state index contributed by atoms with van der Waals surface area (Å²) >= 11 is 0. The molecule has 1 aromatic rings. The number of nitrogens with zero attached hydrogens (tertiary/aromatic N) is 1. The van der Waals surface area contributed by atoms with E-state index < -0.39 is 0 Å². The first-order valence-corrected chi connectivity index (χ1v) is 11.5. The number of amides is 2. The van der Waals surface area contributed by atoms with Gasteiger partial charge in [0.1, 0.15) is 0 Å². The highest BCUT2D eigenvalue weighted by molar-refractivity contribution is 5.81. The number of carbonyl (C=O) groups excluding carboxylic acids is 2. The van der Waals surface area contributed by atoms with E-state index in [2.05, 4.69) is 5.32 Å². The summed E-state index contributed by atoms with van der Waals surface area (Å²) in [5.74, 6) is 2.10. The van der Waals surface area contributed by atoms with Gasteiger partial charge in [-0.3, -0.25) is 9.59 Å². The fourth-order valence-corrected chi connectivity index (χ4v) is 4.84. The molecule has 32 heavy (non-hydrogen) atoms. The van der Waals surface area contributed by atoms with E-state index >= 15 is 0 Å². The van der Waals surface area contributed by atoms with E-state index in [0.29, 0.717) is 29.7 Å². The van der Waals surface area contributed by atoms with E-state index in [0.717, 1.165) is 57.2 Å². The van der Waals surface area contributed by atoms with Gasteiger partial charge in [-0.15, -0.1) is 0 Å². The monoisotopic (exact) mass is 446 g/mol. The molecule has 1 unspecified atom stereocenters. The van der Waals surface area contributed by atoms with Crippen LogP contribution in [0.2, 0.25) is 0 Å². The molecule has 176 valence electrons. The number of carbonyl (C=O) groups is 2. The molecule has 1 N–H and O–H groups in total. The first-order chi connectivity index (χ1) is 15.5. The summed E-state index contributed by atoms with van der Waals surface area (Å²) in [4.78, 5) is 26.9. The molecular weight excluding hydrogens is 412 g/mol. The molecule has 2 heterocycles. The molecule has 0 radical (unpaired) electrons. The Bertz CT molecular complexity index is 820. The third kappa shape index (κ3) is 4.95. The summed E-state index contributed by atoms with van der Waals surface area (Å²) in [7, 11) is 4.66. The predicted molar refractivity (Wildman–Crippen MR) is 118 cm³/mol. The van der Waals surface area contributed by atoms with Crippen LogP contribution in [0.25, 0.3) is 0 Å². The molecule has 8 heteroatoms. The van der Waals surface area contributed by atoms with Gasteiger partial charge < -0.3 is 29.2 Å². The lowest BCUT2D eigenvalue weighted by molar-refractivity contribution is -0.139. The normalized spacial score (nSPS) is 22.0. The zero-order chi connectivity index (χ0) is 22.7. The van der Waals surface area contributed by atoms with Gasteiger partial charge in [0.15, 0.2) is 11.5 Å². The van der Waals surface area contributed by atoms with Gasteiger partial charge in [-0.25, -0.2) is 0 Å². The van der Waals surface area contributed by atoms with Crippen molar-refractivity contribution in [2.45, 2.75) is 56.7 Å². The van der Waals surface area contributed by atoms with Crippen LogP contribution in [0.5, 0.6) is 17.2 Å². The van der Waals surface area contributed by atoms with Gasteiger partial charge in [0.25, 0.3) is 0 Å². The number of piperidine rings is 1. The smallest absolute Gasteiger partial charge is 0.225 e. The molecular formula is C24H34N2O6. The number of rotatable bonds is 8. The van der Waals surface area contributed by atoms with Gasteiger partial charge in [-0.2, -0.15) is 0 Å². The van der Waals surface area contributed by atoms with Crippen LogP contribution in [-0.4, -0.2) is 69.4 Å². The maximum Gasteiger partial charge on any atom is 0.225 e. The molecule has 1 aromatic carbocycles. The second kappa shape index (κ2) is 9.57. The second-order valence-electron chi connectivity index (χ2n) is 9.08.